The van der Waals surface area contributed by atoms with E-state index in [1.54, 1.807) is 6.20 Å². The molecule has 2 fully saturated rings. The first-order chi connectivity index (χ1) is 11.7. The molecule has 0 aliphatic carbocycles. The Morgan fingerprint density at radius 3 is 2.54 bits per heavy atom. The lowest BCUT2D eigenvalue weighted by Crippen LogP contribution is -2.46. The maximum absolute atomic E-state index is 12.7. The van der Waals surface area contributed by atoms with Gasteiger partial charge in [0, 0.05) is 32.2 Å². The molecule has 1 aromatic heterocycles. The Balaban J connectivity index is 1.42. The van der Waals surface area contributed by atoms with Gasteiger partial charge in [-0.25, -0.2) is 4.98 Å². The lowest BCUT2D eigenvalue weighted by Gasteiger charge is -2.36. The fourth-order valence-electron chi connectivity index (χ4n) is 3.76. The number of hydrogen-bond acceptors (Lipinski definition) is 5. The molecule has 0 spiro atoms. The Kier molecular flexibility index (Phi) is 4.16. The number of nitrogens with zero attached hydrogens (tertiary/aromatic N) is 4. The van der Waals surface area contributed by atoms with Crippen LogP contribution in [0.25, 0.3) is 11.0 Å². The highest BCUT2D eigenvalue weighted by Gasteiger charge is 2.31. The number of carbonyl (C=O) groups is 1. The SMILES string of the molecule is O=C(c1cnc2ccccc2n1)N1CCC(N2CC[C@@H](O)C2)CC1. The predicted octanol–water partition coefficient (Wildman–Crippen LogP) is 1.30. The molecule has 2 aliphatic heterocycles. The molecular weight excluding hydrogens is 304 g/mol. The largest absolute Gasteiger partial charge is 0.392 e. The van der Waals surface area contributed by atoms with Crippen molar-refractivity contribution in [2.75, 3.05) is 26.2 Å². The Morgan fingerprint density at radius 2 is 1.83 bits per heavy atom. The molecule has 2 aromatic rings. The van der Waals surface area contributed by atoms with E-state index in [0.717, 1.165) is 56.5 Å². The van der Waals surface area contributed by atoms with E-state index in [0.29, 0.717) is 11.7 Å². The van der Waals surface area contributed by atoms with E-state index in [9.17, 15) is 9.90 Å². The van der Waals surface area contributed by atoms with Gasteiger partial charge in [-0.1, -0.05) is 12.1 Å². The van der Waals surface area contributed by atoms with Gasteiger partial charge in [0.15, 0.2) is 0 Å². The number of carbonyl (C=O) groups excluding carboxylic acids is 1. The van der Waals surface area contributed by atoms with E-state index in [1.807, 2.05) is 29.2 Å². The van der Waals surface area contributed by atoms with Gasteiger partial charge in [0.1, 0.15) is 5.69 Å². The average molecular weight is 326 g/mol. The molecule has 2 saturated heterocycles. The summed E-state index contributed by atoms with van der Waals surface area (Å²) in [5.41, 5.74) is 1.98. The number of aromatic nitrogens is 2. The number of fused-ring (bicyclic) bond motifs is 1. The lowest BCUT2D eigenvalue weighted by molar-refractivity contribution is 0.0622. The first-order valence-corrected chi connectivity index (χ1v) is 8.64. The molecule has 126 valence electrons. The smallest absolute Gasteiger partial charge is 0.274 e. The number of para-hydroxylation sites is 2. The van der Waals surface area contributed by atoms with Gasteiger partial charge in [0.05, 0.1) is 23.3 Å². The molecule has 0 saturated carbocycles. The molecule has 0 unspecified atom stereocenters. The lowest BCUT2D eigenvalue weighted by atomic mass is 10.0. The molecule has 0 radical (unpaired) electrons. The van der Waals surface area contributed by atoms with Crippen LogP contribution < -0.4 is 0 Å². The van der Waals surface area contributed by atoms with Gasteiger partial charge in [-0.15, -0.1) is 0 Å². The number of benzene rings is 1. The molecule has 6 heteroatoms. The van der Waals surface area contributed by atoms with Crippen molar-refractivity contribution in [3.8, 4) is 0 Å². The van der Waals surface area contributed by atoms with Gasteiger partial charge in [-0.05, 0) is 31.4 Å². The van der Waals surface area contributed by atoms with E-state index >= 15 is 0 Å². The Morgan fingerprint density at radius 1 is 1.08 bits per heavy atom. The summed E-state index contributed by atoms with van der Waals surface area (Å²) < 4.78 is 0. The third-order valence-corrected chi connectivity index (χ3v) is 5.13. The fraction of sp³-hybridized carbons (Fsp3) is 0.500. The zero-order valence-electron chi connectivity index (χ0n) is 13.6. The maximum atomic E-state index is 12.7. The fourth-order valence-corrected chi connectivity index (χ4v) is 3.76. The summed E-state index contributed by atoms with van der Waals surface area (Å²) in [6.45, 7) is 3.22. The number of aliphatic hydroxyl groups excluding tert-OH is 1. The third kappa shape index (κ3) is 2.99. The van der Waals surface area contributed by atoms with Crippen LogP contribution in [0.1, 0.15) is 29.8 Å². The first-order valence-electron chi connectivity index (χ1n) is 8.64. The quantitative estimate of drug-likeness (QED) is 0.901. The third-order valence-electron chi connectivity index (χ3n) is 5.13. The van der Waals surface area contributed by atoms with Crippen molar-refractivity contribution in [2.24, 2.45) is 0 Å². The van der Waals surface area contributed by atoms with Gasteiger partial charge in [0.2, 0.25) is 0 Å². The first kappa shape index (κ1) is 15.5. The zero-order valence-corrected chi connectivity index (χ0v) is 13.6. The van der Waals surface area contributed by atoms with E-state index in [2.05, 4.69) is 14.9 Å². The molecule has 1 atom stereocenters. The van der Waals surface area contributed by atoms with Crippen LogP contribution in [-0.4, -0.2) is 69.1 Å². The van der Waals surface area contributed by atoms with Crippen molar-refractivity contribution in [1.29, 1.82) is 0 Å². The van der Waals surface area contributed by atoms with Crippen molar-refractivity contribution >= 4 is 16.9 Å². The van der Waals surface area contributed by atoms with Crippen LogP contribution in [0.3, 0.4) is 0 Å². The molecule has 4 rings (SSSR count). The number of β-amino-alcohol motifs (C(OH)–C–C–N with tert-alkyl or cyclic N) is 1. The molecule has 1 N–H and O–H groups in total. The highest BCUT2D eigenvalue weighted by molar-refractivity contribution is 5.93. The molecular formula is C18H22N4O2. The van der Waals surface area contributed by atoms with E-state index in [1.165, 1.54) is 0 Å². The number of likely N-dealkylation sites (tertiary alicyclic amines) is 2. The van der Waals surface area contributed by atoms with Crippen LogP contribution in [0.5, 0.6) is 0 Å². The number of amides is 1. The molecule has 0 bridgehead atoms. The standard InChI is InChI=1S/C18H22N4O2/c23-14-7-10-22(12-14)13-5-8-21(9-6-13)18(24)17-11-19-15-3-1-2-4-16(15)20-17/h1-4,11,13-14,23H,5-10,12H2/t14-/m1/s1. The average Bonchev–Trinajstić information content (AvgIpc) is 3.07. The van der Waals surface area contributed by atoms with Crippen LogP contribution in [0.4, 0.5) is 0 Å². The topological polar surface area (TPSA) is 69.6 Å². The normalized spacial score (nSPS) is 23.0. The number of hydrogen-bond donors (Lipinski definition) is 1. The van der Waals surface area contributed by atoms with Gasteiger partial charge in [-0.2, -0.15) is 0 Å². The number of piperidine rings is 1. The van der Waals surface area contributed by atoms with Crippen LogP contribution >= 0.6 is 0 Å². The van der Waals surface area contributed by atoms with E-state index in [-0.39, 0.29) is 12.0 Å². The van der Waals surface area contributed by atoms with Gasteiger partial charge < -0.3 is 10.0 Å². The van der Waals surface area contributed by atoms with E-state index < -0.39 is 0 Å². The summed E-state index contributed by atoms with van der Waals surface area (Å²) >= 11 is 0. The summed E-state index contributed by atoms with van der Waals surface area (Å²) in [6.07, 6.45) is 4.18. The molecule has 1 amide bonds. The minimum atomic E-state index is -0.183. The second-order valence-electron chi connectivity index (χ2n) is 6.70. The minimum Gasteiger partial charge on any atom is -0.392 e. The van der Waals surface area contributed by atoms with Crippen molar-refractivity contribution < 1.29 is 9.90 Å². The Bertz CT molecular complexity index is 743. The van der Waals surface area contributed by atoms with Crippen molar-refractivity contribution in [2.45, 2.75) is 31.4 Å². The summed E-state index contributed by atoms with van der Waals surface area (Å²) in [7, 11) is 0. The zero-order chi connectivity index (χ0) is 16.5. The van der Waals surface area contributed by atoms with Gasteiger partial charge in [0.25, 0.3) is 5.91 Å². The molecule has 2 aliphatic rings. The van der Waals surface area contributed by atoms with Crippen LogP contribution in [0.15, 0.2) is 30.5 Å². The summed E-state index contributed by atoms with van der Waals surface area (Å²) in [4.78, 5) is 25.7. The highest BCUT2D eigenvalue weighted by atomic mass is 16.3. The molecule has 24 heavy (non-hydrogen) atoms. The van der Waals surface area contributed by atoms with Crippen molar-refractivity contribution in [1.82, 2.24) is 19.8 Å². The molecule has 6 nitrogen and oxygen atoms in total. The Hall–Kier alpha value is -2.05. The highest BCUT2D eigenvalue weighted by Crippen LogP contribution is 2.22. The Labute approximate surface area is 141 Å². The van der Waals surface area contributed by atoms with E-state index in [4.69, 9.17) is 0 Å². The van der Waals surface area contributed by atoms with Crippen LogP contribution in [0.2, 0.25) is 0 Å². The summed E-state index contributed by atoms with van der Waals surface area (Å²) in [5, 5.41) is 9.68. The second-order valence-corrected chi connectivity index (χ2v) is 6.70. The minimum absolute atomic E-state index is 0.0341. The van der Waals surface area contributed by atoms with Crippen LogP contribution in [0, 0.1) is 0 Å². The van der Waals surface area contributed by atoms with Crippen LogP contribution in [-0.2, 0) is 0 Å². The molecule has 1 aromatic carbocycles. The predicted molar refractivity (Wildman–Crippen MR) is 90.7 cm³/mol. The van der Waals surface area contributed by atoms with Crippen molar-refractivity contribution in [3.05, 3.63) is 36.2 Å². The number of rotatable bonds is 2. The van der Waals surface area contributed by atoms with Crippen molar-refractivity contribution in [3.63, 3.8) is 0 Å². The number of aliphatic hydroxyl groups is 1. The summed E-state index contributed by atoms with van der Waals surface area (Å²) in [5.74, 6) is -0.0341. The maximum Gasteiger partial charge on any atom is 0.274 e. The monoisotopic (exact) mass is 326 g/mol. The van der Waals surface area contributed by atoms with Gasteiger partial charge in [-0.3, -0.25) is 14.7 Å². The van der Waals surface area contributed by atoms with Gasteiger partial charge >= 0.3 is 0 Å². The summed E-state index contributed by atoms with van der Waals surface area (Å²) in [6, 6.07) is 8.07. The second kappa shape index (κ2) is 6.45. The molecule has 3 heterocycles.